The third kappa shape index (κ3) is 4.23. The average Bonchev–Trinajstić information content (AvgIpc) is 3.41. The van der Waals surface area contributed by atoms with Crippen LogP contribution in [-0.4, -0.2) is 32.3 Å². The number of hydrogen-bond acceptors (Lipinski definition) is 3. The number of carbonyl (C=O) groups excluding carboxylic acids is 1. The number of amides is 1. The number of sulfonamides is 1. The van der Waals surface area contributed by atoms with Crippen LogP contribution in [0.2, 0.25) is 5.02 Å². The fourth-order valence-electron chi connectivity index (χ4n) is 2.48. The van der Waals surface area contributed by atoms with Crippen LogP contribution in [0.25, 0.3) is 0 Å². The number of nitrogens with one attached hydrogen (secondary N) is 1. The maximum Gasteiger partial charge on any atom is 0.253 e. The minimum absolute atomic E-state index is 0.00757. The SMILES string of the molecule is CN(Cc1c(F)cccc1Cl)C(=O)c1ccc(S(=O)(=O)NC2CC2)cc1. The molecule has 5 nitrogen and oxygen atoms in total. The Hall–Kier alpha value is -1.96. The van der Waals surface area contributed by atoms with Gasteiger partial charge < -0.3 is 4.90 Å². The van der Waals surface area contributed by atoms with Crippen LogP contribution in [0.1, 0.15) is 28.8 Å². The van der Waals surface area contributed by atoms with Crippen LogP contribution in [0.3, 0.4) is 0 Å². The van der Waals surface area contributed by atoms with Crippen LogP contribution in [0.15, 0.2) is 47.4 Å². The molecule has 26 heavy (non-hydrogen) atoms. The summed E-state index contributed by atoms with van der Waals surface area (Å²) < 4.78 is 40.8. The summed E-state index contributed by atoms with van der Waals surface area (Å²) in [5.41, 5.74) is 0.545. The van der Waals surface area contributed by atoms with Gasteiger partial charge in [-0.15, -0.1) is 0 Å². The van der Waals surface area contributed by atoms with E-state index >= 15 is 0 Å². The monoisotopic (exact) mass is 396 g/mol. The topological polar surface area (TPSA) is 66.5 Å². The smallest absolute Gasteiger partial charge is 0.253 e. The van der Waals surface area contributed by atoms with E-state index in [1.165, 1.54) is 48.3 Å². The first-order valence-electron chi connectivity index (χ1n) is 8.08. The molecule has 1 aliphatic carbocycles. The minimum Gasteiger partial charge on any atom is -0.337 e. The Morgan fingerprint density at radius 1 is 1.23 bits per heavy atom. The number of rotatable bonds is 6. The van der Waals surface area contributed by atoms with Gasteiger partial charge in [0.1, 0.15) is 5.82 Å². The highest BCUT2D eigenvalue weighted by Crippen LogP contribution is 2.23. The highest BCUT2D eigenvalue weighted by atomic mass is 35.5. The van der Waals surface area contributed by atoms with E-state index < -0.39 is 15.8 Å². The van der Waals surface area contributed by atoms with E-state index in [0.717, 1.165) is 12.8 Å². The van der Waals surface area contributed by atoms with Crippen molar-refractivity contribution in [1.82, 2.24) is 9.62 Å². The molecule has 2 aromatic carbocycles. The first-order valence-corrected chi connectivity index (χ1v) is 9.95. The molecule has 1 aliphatic rings. The standard InChI is InChI=1S/C18H18ClFN2O3S/c1-22(11-15-16(19)3-2-4-17(15)20)18(23)12-5-9-14(10-6-12)26(24,25)21-13-7-8-13/h2-6,9-10,13,21H,7-8,11H2,1H3. The molecule has 0 heterocycles. The zero-order valence-electron chi connectivity index (χ0n) is 14.1. The van der Waals surface area contributed by atoms with E-state index in [-0.39, 0.29) is 34.0 Å². The maximum absolute atomic E-state index is 13.9. The quantitative estimate of drug-likeness (QED) is 0.815. The van der Waals surface area contributed by atoms with Gasteiger partial charge in [-0.25, -0.2) is 17.5 Å². The lowest BCUT2D eigenvalue weighted by Gasteiger charge is -2.18. The summed E-state index contributed by atoms with van der Waals surface area (Å²) >= 11 is 5.99. The van der Waals surface area contributed by atoms with Gasteiger partial charge in [-0.2, -0.15) is 0 Å². The molecule has 1 N–H and O–H groups in total. The van der Waals surface area contributed by atoms with Crippen molar-refractivity contribution >= 4 is 27.5 Å². The molecule has 0 saturated heterocycles. The van der Waals surface area contributed by atoms with Crippen LogP contribution < -0.4 is 4.72 Å². The molecule has 8 heteroatoms. The maximum atomic E-state index is 13.9. The molecule has 138 valence electrons. The van der Waals surface area contributed by atoms with Crippen molar-refractivity contribution in [2.75, 3.05) is 7.05 Å². The predicted octanol–water partition coefficient (Wildman–Crippen LogP) is 3.19. The molecular formula is C18H18ClFN2O3S. The third-order valence-electron chi connectivity index (χ3n) is 4.11. The molecule has 1 saturated carbocycles. The zero-order valence-corrected chi connectivity index (χ0v) is 15.6. The molecule has 0 bridgehead atoms. The van der Waals surface area contributed by atoms with Crippen molar-refractivity contribution in [2.24, 2.45) is 0 Å². The molecule has 0 atom stereocenters. The van der Waals surface area contributed by atoms with Gasteiger partial charge >= 0.3 is 0 Å². The lowest BCUT2D eigenvalue weighted by atomic mass is 10.1. The van der Waals surface area contributed by atoms with E-state index in [1.54, 1.807) is 6.07 Å². The second-order valence-electron chi connectivity index (χ2n) is 6.28. The molecule has 3 rings (SSSR count). The molecule has 1 amide bonds. The molecular weight excluding hydrogens is 379 g/mol. The van der Waals surface area contributed by atoms with Gasteiger partial charge in [0.15, 0.2) is 0 Å². The summed E-state index contributed by atoms with van der Waals surface area (Å²) in [7, 11) is -2.03. The molecule has 2 aromatic rings. The van der Waals surface area contributed by atoms with Gasteiger partial charge in [-0.05, 0) is 49.2 Å². The zero-order chi connectivity index (χ0) is 18.9. The summed E-state index contributed by atoms with van der Waals surface area (Å²) in [6, 6.07) is 10.0. The van der Waals surface area contributed by atoms with E-state index in [0.29, 0.717) is 5.56 Å². The van der Waals surface area contributed by atoms with E-state index in [9.17, 15) is 17.6 Å². The molecule has 1 fully saturated rings. The van der Waals surface area contributed by atoms with Crippen molar-refractivity contribution in [3.05, 3.63) is 64.4 Å². The first kappa shape index (κ1) is 18.8. The van der Waals surface area contributed by atoms with Crippen molar-refractivity contribution < 1.29 is 17.6 Å². The largest absolute Gasteiger partial charge is 0.337 e. The number of nitrogens with zero attached hydrogens (tertiary/aromatic N) is 1. The minimum atomic E-state index is -3.56. The predicted molar refractivity (Wildman–Crippen MR) is 97.0 cm³/mol. The Morgan fingerprint density at radius 3 is 2.46 bits per heavy atom. The first-order chi connectivity index (χ1) is 12.3. The summed E-state index contributed by atoms with van der Waals surface area (Å²) in [6.07, 6.45) is 1.69. The second kappa shape index (κ2) is 7.34. The highest BCUT2D eigenvalue weighted by Gasteiger charge is 2.28. The van der Waals surface area contributed by atoms with Crippen molar-refractivity contribution in [3.63, 3.8) is 0 Å². The van der Waals surface area contributed by atoms with Gasteiger partial charge in [0.2, 0.25) is 10.0 Å². The lowest BCUT2D eigenvalue weighted by Crippen LogP contribution is -2.27. The Labute approximate surface area is 156 Å². The molecule has 0 aliphatic heterocycles. The molecule has 0 unspecified atom stereocenters. The van der Waals surface area contributed by atoms with Crippen LogP contribution in [0.5, 0.6) is 0 Å². The van der Waals surface area contributed by atoms with Crippen molar-refractivity contribution in [3.8, 4) is 0 Å². The average molecular weight is 397 g/mol. The van der Waals surface area contributed by atoms with E-state index in [2.05, 4.69) is 4.72 Å². The molecule has 0 aromatic heterocycles. The van der Waals surface area contributed by atoms with Gasteiger partial charge in [-0.3, -0.25) is 4.79 Å². The number of halogens is 2. The third-order valence-corrected chi connectivity index (χ3v) is 6.00. The highest BCUT2D eigenvalue weighted by molar-refractivity contribution is 7.89. The fourth-order valence-corrected chi connectivity index (χ4v) is 4.01. The second-order valence-corrected chi connectivity index (χ2v) is 8.40. The molecule has 0 radical (unpaired) electrons. The van der Waals surface area contributed by atoms with Crippen LogP contribution >= 0.6 is 11.6 Å². The normalized spacial score (nSPS) is 14.3. The number of benzene rings is 2. The lowest BCUT2D eigenvalue weighted by molar-refractivity contribution is 0.0784. The van der Waals surface area contributed by atoms with E-state index in [1.807, 2.05) is 0 Å². The summed E-state index contributed by atoms with van der Waals surface area (Å²) in [4.78, 5) is 14.0. The van der Waals surface area contributed by atoms with Gasteiger partial charge in [-0.1, -0.05) is 17.7 Å². The van der Waals surface area contributed by atoms with Gasteiger partial charge in [0, 0.05) is 35.8 Å². The number of carbonyl (C=O) groups is 1. The number of hydrogen-bond donors (Lipinski definition) is 1. The van der Waals surface area contributed by atoms with Crippen molar-refractivity contribution in [1.29, 1.82) is 0 Å². The molecule has 0 spiro atoms. The summed E-state index contributed by atoms with van der Waals surface area (Å²) in [5, 5.41) is 0.247. The fraction of sp³-hybridized carbons (Fsp3) is 0.278. The van der Waals surface area contributed by atoms with Gasteiger partial charge in [0.05, 0.1) is 4.90 Å². The Morgan fingerprint density at radius 2 is 1.88 bits per heavy atom. The Bertz CT molecular complexity index is 908. The van der Waals surface area contributed by atoms with Crippen LogP contribution in [0.4, 0.5) is 4.39 Å². The Balaban J connectivity index is 1.73. The van der Waals surface area contributed by atoms with E-state index in [4.69, 9.17) is 11.6 Å². The van der Waals surface area contributed by atoms with Gasteiger partial charge in [0.25, 0.3) is 5.91 Å². The summed E-state index contributed by atoms with van der Waals surface area (Å²) in [6.45, 7) is 0.00757. The summed E-state index contributed by atoms with van der Waals surface area (Å²) in [5.74, 6) is -0.840. The Kier molecular flexibility index (Phi) is 5.32. The van der Waals surface area contributed by atoms with Crippen LogP contribution in [-0.2, 0) is 16.6 Å². The van der Waals surface area contributed by atoms with Crippen molar-refractivity contribution in [2.45, 2.75) is 30.3 Å². The van der Waals surface area contributed by atoms with Crippen LogP contribution in [0, 0.1) is 5.82 Å².